The first-order valence-electron chi connectivity index (χ1n) is 11.3. The lowest BCUT2D eigenvalue weighted by atomic mass is 9.84. The second-order valence-corrected chi connectivity index (χ2v) is 10.4. The van der Waals surface area contributed by atoms with Crippen molar-refractivity contribution in [1.29, 1.82) is 0 Å². The Labute approximate surface area is 194 Å². The molecule has 0 spiro atoms. The zero-order valence-corrected chi connectivity index (χ0v) is 19.8. The van der Waals surface area contributed by atoms with Gasteiger partial charge in [0, 0.05) is 19.8 Å². The molecule has 1 heterocycles. The number of hydrogen-bond acceptors (Lipinski definition) is 4. The lowest BCUT2D eigenvalue weighted by Crippen LogP contribution is -2.28. The minimum absolute atomic E-state index is 0.00955. The molecule has 0 fully saturated rings. The van der Waals surface area contributed by atoms with Gasteiger partial charge in [-0.2, -0.15) is 0 Å². The Morgan fingerprint density at radius 2 is 2.09 bits per heavy atom. The summed E-state index contributed by atoms with van der Waals surface area (Å²) in [6.45, 7) is 2.54. The lowest BCUT2D eigenvalue weighted by molar-refractivity contribution is 0.322. The number of nitrogens with one attached hydrogen (secondary N) is 1. The number of fused-ring (bicyclic) bond motifs is 1. The van der Waals surface area contributed by atoms with E-state index >= 15 is 0 Å². The van der Waals surface area contributed by atoms with Crippen LogP contribution in [-0.4, -0.2) is 31.1 Å². The number of nitrogens with zero attached hydrogens (tertiary/aromatic N) is 2. The van der Waals surface area contributed by atoms with Gasteiger partial charge in [0.05, 0.1) is 6.33 Å². The van der Waals surface area contributed by atoms with E-state index in [0.29, 0.717) is 17.6 Å². The molecule has 1 aromatic heterocycles. The fraction of sp³-hybridized carbons (Fsp3) is 0.400. The highest BCUT2D eigenvalue weighted by Gasteiger charge is 2.32. The van der Waals surface area contributed by atoms with E-state index in [0.717, 1.165) is 31.2 Å². The molecular formula is C25H30FN3O3S. The van der Waals surface area contributed by atoms with Gasteiger partial charge in [-0.3, -0.25) is 0 Å². The summed E-state index contributed by atoms with van der Waals surface area (Å²) in [4.78, 5) is 3.88. The van der Waals surface area contributed by atoms with E-state index in [9.17, 15) is 12.8 Å². The Bertz CT molecular complexity index is 1210. The monoisotopic (exact) mass is 471 g/mol. The largest absolute Gasteiger partial charge is 0.492 e. The van der Waals surface area contributed by atoms with Crippen molar-refractivity contribution in [3.63, 3.8) is 0 Å². The van der Waals surface area contributed by atoms with Gasteiger partial charge in [0.2, 0.25) is 0 Å². The van der Waals surface area contributed by atoms with Crippen LogP contribution in [-0.2, 0) is 29.9 Å². The van der Waals surface area contributed by atoms with Gasteiger partial charge in [-0.05, 0) is 72.1 Å². The fourth-order valence-electron chi connectivity index (χ4n) is 4.69. The molecule has 0 saturated heterocycles. The van der Waals surface area contributed by atoms with Gasteiger partial charge < -0.3 is 9.30 Å². The molecule has 8 heteroatoms. The normalized spacial score (nSPS) is 17.8. The Balaban J connectivity index is 1.42. The number of hydrogen-bond donors (Lipinski definition) is 1. The highest BCUT2D eigenvalue weighted by atomic mass is 32.2. The van der Waals surface area contributed by atoms with Crippen LogP contribution in [0.4, 0.5) is 4.39 Å². The molecule has 0 aliphatic heterocycles. The summed E-state index contributed by atoms with van der Waals surface area (Å²) in [6.07, 6.45) is 6.95. The van der Waals surface area contributed by atoms with Gasteiger partial charge in [0.15, 0.2) is 5.03 Å². The van der Waals surface area contributed by atoms with E-state index in [-0.39, 0.29) is 24.0 Å². The number of halogens is 1. The van der Waals surface area contributed by atoms with Crippen molar-refractivity contribution in [3.05, 3.63) is 77.5 Å². The predicted octanol–water partition coefficient (Wildman–Crippen LogP) is 4.22. The molecule has 0 bridgehead atoms. The van der Waals surface area contributed by atoms with Crippen LogP contribution in [0.25, 0.3) is 0 Å². The third kappa shape index (κ3) is 5.62. The van der Waals surface area contributed by atoms with Crippen LogP contribution in [0.15, 0.2) is 60.0 Å². The summed E-state index contributed by atoms with van der Waals surface area (Å²) in [5.74, 6) is 1.34. The Morgan fingerprint density at radius 3 is 2.82 bits per heavy atom. The number of rotatable bonds is 10. The minimum Gasteiger partial charge on any atom is -0.492 e. The first kappa shape index (κ1) is 23.4. The van der Waals surface area contributed by atoms with Crippen LogP contribution in [0.3, 0.4) is 0 Å². The van der Waals surface area contributed by atoms with Gasteiger partial charge in [0.1, 0.15) is 18.2 Å². The molecule has 6 nitrogen and oxygen atoms in total. The molecule has 4 rings (SSSR count). The molecule has 0 radical (unpaired) electrons. The van der Waals surface area contributed by atoms with Crippen molar-refractivity contribution >= 4 is 10.0 Å². The van der Waals surface area contributed by atoms with E-state index in [2.05, 4.69) is 28.8 Å². The number of sulfonamides is 1. The topological polar surface area (TPSA) is 73.2 Å². The molecule has 3 aromatic rings. The minimum atomic E-state index is -3.66. The maximum Gasteiger partial charge on any atom is 0.259 e. The average Bonchev–Trinajstić information content (AvgIpc) is 3.36. The summed E-state index contributed by atoms with van der Waals surface area (Å²) in [5.41, 5.74) is 3.58. The van der Waals surface area contributed by atoms with E-state index < -0.39 is 10.0 Å². The van der Waals surface area contributed by atoms with Gasteiger partial charge in [-0.15, -0.1) is 0 Å². The molecule has 33 heavy (non-hydrogen) atoms. The van der Waals surface area contributed by atoms with Gasteiger partial charge >= 0.3 is 0 Å². The van der Waals surface area contributed by atoms with E-state index in [1.54, 1.807) is 23.7 Å². The lowest BCUT2D eigenvalue weighted by Gasteiger charge is -2.21. The third-order valence-electron chi connectivity index (χ3n) is 6.19. The molecule has 2 aromatic carbocycles. The molecule has 1 aliphatic rings. The molecule has 1 N–H and O–H groups in total. The first-order chi connectivity index (χ1) is 15.9. The van der Waals surface area contributed by atoms with Crippen molar-refractivity contribution in [2.45, 2.75) is 43.6 Å². The first-order valence-corrected chi connectivity index (χ1v) is 12.8. The molecule has 2 unspecified atom stereocenters. The van der Waals surface area contributed by atoms with Crippen molar-refractivity contribution < 1.29 is 17.5 Å². The van der Waals surface area contributed by atoms with Crippen molar-refractivity contribution in [3.8, 4) is 5.75 Å². The fourth-order valence-corrected chi connectivity index (χ4v) is 5.68. The van der Waals surface area contributed by atoms with Gasteiger partial charge in [0.25, 0.3) is 10.0 Å². The zero-order valence-electron chi connectivity index (χ0n) is 19.0. The quantitative estimate of drug-likeness (QED) is 0.450. The highest BCUT2D eigenvalue weighted by molar-refractivity contribution is 7.89. The van der Waals surface area contributed by atoms with Crippen molar-refractivity contribution in [2.75, 3.05) is 13.2 Å². The van der Waals surface area contributed by atoms with E-state index in [1.165, 1.54) is 29.7 Å². The van der Waals surface area contributed by atoms with Crippen LogP contribution >= 0.6 is 0 Å². The Hall–Kier alpha value is -2.71. The SMILES string of the molecule is CCCC1Cc2ccc(OCCNS(=O)(=O)c3cn(C)cn3)cc2C1Cc1cccc(F)c1. The van der Waals surface area contributed by atoms with Crippen LogP contribution < -0.4 is 9.46 Å². The summed E-state index contributed by atoms with van der Waals surface area (Å²) in [7, 11) is -1.94. The third-order valence-corrected chi connectivity index (χ3v) is 7.54. The van der Waals surface area contributed by atoms with Crippen LogP contribution in [0.5, 0.6) is 5.75 Å². The summed E-state index contributed by atoms with van der Waals surface area (Å²) < 4.78 is 48.3. The van der Waals surface area contributed by atoms with Crippen molar-refractivity contribution in [2.24, 2.45) is 13.0 Å². The average molecular weight is 472 g/mol. The van der Waals surface area contributed by atoms with Crippen LogP contribution in [0.2, 0.25) is 0 Å². The molecule has 0 amide bonds. The number of benzene rings is 2. The maximum atomic E-state index is 13.7. The molecular weight excluding hydrogens is 441 g/mol. The van der Waals surface area contributed by atoms with Crippen LogP contribution in [0, 0.1) is 11.7 Å². The Kier molecular flexibility index (Phi) is 7.14. The van der Waals surface area contributed by atoms with Crippen LogP contribution in [0.1, 0.15) is 42.4 Å². The Morgan fingerprint density at radius 1 is 1.24 bits per heavy atom. The van der Waals surface area contributed by atoms with E-state index in [4.69, 9.17) is 4.74 Å². The molecule has 176 valence electrons. The smallest absolute Gasteiger partial charge is 0.259 e. The molecule has 2 atom stereocenters. The number of imidazole rings is 1. The molecule has 1 aliphatic carbocycles. The second kappa shape index (κ2) is 10.1. The maximum absolute atomic E-state index is 13.7. The predicted molar refractivity (Wildman–Crippen MR) is 125 cm³/mol. The molecule has 0 saturated carbocycles. The number of ether oxygens (including phenoxy) is 1. The van der Waals surface area contributed by atoms with Gasteiger partial charge in [-0.1, -0.05) is 31.5 Å². The zero-order chi connectivity index (χ0) is 23.4. The van der Waals surface area contributed by atoms with Crippen molar-refractivity contribution in [1.82, 2.24) is 14.3 Å². The number of aromatic nitrogens is 2. The highest BCUT2D eigenvalue weighted by Crippen LogP contribution is 2.43. The standard InChI is InChI=1S/C25H30FN3O3S/c1-3-5-19-14-20-8-9-22(15-24(20)23(19)13-18-6-4-7-21(26)12-18)32-11-10-28-33(30,31)25-16-29(2)17-27-25/h4,6-9,12,15-17,19,23,28H,3,5,10-11,13-14H2,1-2H3. The number of aryl methyl sites for hydroxylation is 1. The second-order valence-electron chi connectivity index (χ2n) is 8.68. The summed E-state index contributed by atoms with van der Waals surface area (Å²) in [5, 5.41) is -0.00955. The van der Waals surface area contributed by atoms with Gasteiger partial charge in [-0.25, -0.2) is 22.5 Å². The summed E-state index contributed by atoms with van der Waals surface area (Å²) in [6, 6.07) is 13.0. The van der Waals surface area contributed by atoms with E-state index in [1.807, 2.05) is 12.1 Å². The summed E-state index contributed by atoms with van der Waals surface area (Å²) >= 11 is 0.